The fraction of sp³-hybridized carbons (Fsp3) is 0.800. The van der Waals surface area contributed by atoms with Gasteiger partial charge in [-0.25, -0.2) is 0 Å². The van der Waals surface area contributed by atoms with E-state index in [0.717, 1.165) is 18.4 Å². The van der Waals surface area contributed by atoms with Crippen molar-refractivity contribution in [2.45, 2.75) is 77.9 Å². The molecule has 2 aliphatic rings. The standard InChI is InChI=1S/C20H34O2/c1-7-19(5,22)12-9-15-14(2)16(21)13-17-18(3,4)10-8-11-20(15,17)6/h7,15-17,21-22H,1-2,8-13H2,3-6H3. The fourth-order valence-corrected chi connectivity index (χ4v) is 5.26. The van der Waals surface area contributed by atoms with Gasteiger partial charge in [0.05, 0.1) is 11.7 Å². The number of rotatable bonds is 4. The van der Waals surface area contributed by atoms with Gasteiger partial charge in [0.2, 0.25) is 0 Å². The lowest BCUT2D eigenvalue weighted by molar-refractivity contribution is -0.0868. The molecule has 22 heavy (non-hydrogen) atoms. The van der Waals surface area contributed by atoms with Crippen LogP contribution in [0.25, 0.3) is 0 Å². The van der Waals surface area contributed by atoms with Gasteiger partial charge in [0, 0.05) is 0 Å². The second kappa shape index (κ2) is 5.79. The van der Waals surface area contributed by atoms with Crippen LogP contribution >= 0.6 is 0 Å². The van der Waals surface area contributed by atoms with Gasteiger partial charge in [-0.1, -0.05) is 39.8 Å². The molecule has 0 amide bonds. The predicted molar refractivity (Wildman–Crippen MR) is 92.5 cm³/mol. The van der Waals surface area contributed by atoms with Gasteiger partial charge in [-0.2, -0.15) is 0 Å². The summed E-state index contributed by atoms with van der Waals surface area (Å²) in [5.74, 6) is 0.806. The molecule has 0 aromatic rings. The summed E-state index contributed by atoms with van der Waals surface area (Å²) in [7, 11) is 0. The Morgan fingerprint density at radius 1 is 1.32 bits per heavy atom. The molecule has 0 saturated heterocycles. The van der Waals surface area contributed by atoms with Crippen LogP contribution in [-0.4, -0.2) is 21.9 Å². The third kappa shape index (κ3) is 3.05. The molecule has 2 N–H and O–H groups in total. The lowest BCUT2D eigenvalue weighted by atomic mass is 9.46. The summed E-state index contributed by atoms with van der Waals surface area (Å²) in [4.78, 5) is 0. The number of hydrogen-bond acceptors (Lipinski definition) is 2. The largest absolute Gasteiger partial charge is 0.389 e. The number of hydrogen-bond donors (Lipinski definition) is 2. The van der Waals surface area contributed by atoms with E-state index in [1.165, 1.54) is 19.3 Å². The maximum atomic E-state index is 10.5. The van der Waals surface area contributed by atoms with E-state index in [-0.39, 0.29) is 16.7 Å². The molecule has 2 rings (SSSR count). The number of fused-ring (bicyclic) bond motifs is 1. The quantitative estimate of drug-likeness (QED) is 0.752. The predicted octanol–water partition coefficient (Wildman–Crippen LogP) is 4.47. The van der Waals surface area contributed by atoms with Gasteiger partial charge >= 0.3 is 0 Å². The summed E-state index contributed by atoms with van der Waals surface area (Å²) < 4.78 is 0. The van der Waals surface area contributed by atoms with Crippen molar-refractivity contribution in [2.24, 2.45) is 22.7 Å². The van der Waals surface area contributed by atoms with Crippen molar-refractivity contribution < 1.29 is 10.2 Å². The SMILES string of the molecule is C=CC(C)(O)CCC1C(=C)C(O)CC2C(C)(C)CCCC12C. The van der Waals surface area contributed by atoms with Crippen LogP contribution in [0.1, 0.15) is 66.2 Å². The minimum Gasteiger partial charge on any atom is -0.389 e. The Morgan fingerprint density at radius 3 is 2.55 bits per heavy atom. The van der Waals surface area contributed by atoms with Gasteiger partial charge in [0.15, 0.2) is 0 Å². The van der Waals surface area contributed by atoms with Crippen molar-refractivity contribution in [3.63, 3.8) is 0 Å². The van der Waals surface area contributed by atoms with E-state index < -0.39 is 11.7 Å². The van der Waals surface area contributed by atoms with E-state index in [1.54, 1.807) is 6.08 Å². The van der Waals surface area contributed by atoms with Crippen molar-refractivity contribution in [2.75, 3.05) is 0 Å². The smallest absolute Gasteiger partial charge is 0.0797 e. The highest BCUT2D eigenvalue weighted by Gasteiger charge is 2.54. The Kier molecular flexibility index (Phi) is 4.68. The molecule has 0 aromatic heterocycles. The molecule has 0 radical (unpaired) electrons. The molecule has 2 nitrogen and oxygen atoms in total. The Balaban J connectivity index is 2.28. The molecule has 2 aliphatic carbocycles. The molecule has 5 atom stereocenters. The highest BCUT2D eigenvalue weighted by atomic mass is 16.3. The Morgan fingerprint density at radius 2 is 1.95 bits per heavy atom. The molecule has 0 heterocycles. The first kappa shape index (κ1) is 17.7. The van der Waals surface area contributed by atoms with Crippen LogP contribution in [0.15, 0.2) is 24.8 Å². The number of aliphatic hydroxyl groups is 2. The minimum absolute atomic E-state index is 0.190. The molecule has 0 spiro atoms. The molecular formula is C20H34O2. The van der Waals surface area contributed by atoms with Gasteiger partial charge in [-0.3, -0.25) is 0 Å². The van der Waals surface area contributed by atoms with Crippen molar-refractivity contribution in [3.05, 3.63) is 24.8 Å². The average Bonchev–Trinajstić information content (AvgIpc) is 2.41. The molecule has 2 saturated carbocycles. The zero-order valence-corrected chi connectivity index (χ0v) is 14.9. The first-order valence-electron chi connectivity index (χ1n) is 8.76. The highest BCUT2D eigenvalue weighted by Crippen LogP contribution is 2.61. The Hall–Kier alpha value is -0.600. The zero-order chi connectivity index (χ0) is 16.8. The Bertz CT molecular complexity index is 449. The van der Waals surface area contributed by atoms with E-state index in [1.807, 2.05) is 6.92 Å². The minimum atomic E-state index is -0.835. The van der Waals surface area contributed by atoms with Crippen LogP contribution in [0, 0.1) is 22.7 Å². The van der Waals surface area contributed by atoms with E-state index in [9.17, 15) is 10.2 Å². The third-order valence-electron chi connectivity index (χ3n) is 6.79. The monoisotopic (exact) mass is 306 g/mol. The molecule has 0 aliphatic heterocycles. The summed E-state index contributed by atoms with van der Waals surface area (Å²) in [6.45, 7) is 16.9. The van der Waals surface area contributed by atoms with Crippen LogP contribution in [0.4, 0.5) is 0 Å². The molecule has 126 valence electrons. The molecular weight excluding hydrogens is 272 g/mol. The molecule has 2 fully saturated rings. The van der Waals surface area contributed by atoms with Crippen molar-refractivity contribution in [1.82, 2.24) is 0 Å². The first-order chi connectivity index (χ1) is 10.0. The van der Waals surface area contributed by atoms with Crippen LogP contribution in [0.2, 0.25) is 0 Å². The Labute approximate surface area is 136 Å². The third-order valence-corrected chi connectivity index (χ3v) is 6.79. The second-order valence-electron chi connectivity index (χ2n) is 8.88. The summed E-state index contributed by atoms with van der Waals surface area (Å²) in [6, 6.07) is 0. The topological polar surface area (TPSA) is 40.5 Å². The molecule has 0 bridgehead atoms. The van der Waals surface area contributed by atoms with Gasteiger partial charge in [-0.15, -0.1) is 6.58 Å². The van der Waals surface area contributed by atoms with Gasteiger partial charge in [-0.05, 0) is 67.3 Å². The van der Waals surface area contributed by atoms with Crippen LogP contribution in [0.3, 0.4) is 0 Å². The van der Waals surface area contributed by atoms with Crippen molar-refractivity contribution >= 4 is 0 Å². The maximum Gasteiger partial charge on any atom is 0.0797 e. The first-order valence-corrected chi connectivity index (χ1v) is 8.76. The summed E-state index contributed by atoms with van der Waals surface area (Å²) in [6.07, 6.45) is 7.31. The van der Waals surface area contributed by atoms with Crippen LogP contribution in [0.5, 0.6) is 0 Å². The average molecular weight is 306 g/mol. The molecule has 5 unspecified atom stereocenters. The number of aliphatic hydroxyl groups excluding tert-OH is 1. The fourth-order valence-electron chi connectivity index (χ4n) is 5.26. The van der Waals surface area contributed by atoms with Gasteiger partial charge < -0.3 is 10.2 Å². The lowest BCUT2D eigenvalue weighted by Crippen LogP contribution is -2.53. The van der Waals surface area contributed by atoms with E-state index in [0.29, 0.717) is 12.3 Å². The maximum absolute atomic E-state index is 10.5. The second-order valence-corrected chi connectivity index (χ2v) is 8.88. The van der Waals surface area contributed by atoms with Gasteiger partial charge in [0.25, 0.3) is 0 Å². The normalized spacial score (nSPS) is 40.6. The van der Waals surface area contributed by atoms with Crippen molar-refractivity contribution in [3.8, 4) is 0 Å². The van der Waals surface area contributed by atoms with E-state index in [4.69, 9.17) is 0 Å². The van der Waals surface area contributed by atoms with E-state index in [2.05, 4.69) is 33.9 Å². The summed E-state index contributed by atoms with van der Waals surface area (Å²) in [5, 5.41) is 20.8. The summed E-state index contributed by atoms with van der Waals surface area (Å²) >= 11 is 0. The van der Waals surface area contributed by atoms with Crippen molar-refractivity contribution in [1.29, 1.82) is 0 Å². The molecule has 2 heteroatoms. The highest BCUT2D eigenvalue weighted by molar-refractivity contribution is 5.20. The zero-order valence-electron chi connectivity index (χ0n) is 14.9. The van der Waals surface area contributed by atoms with E-state index >= 15 is 0 Å². The van der Waals surface area contributed by atoms with Crippen LogP contribution < -0.4 is 0 Å². The molecule has 0 aromatic carbocycles. The lowest BCUT2D eigenvalue weighted by Gasteiger charge is -2.59. The summed E-state index contributed by atoms with van der Waals surface area (Å²) in [5.41, 5.74) is 0.610. The van der Waals surface area contributed by atoms with Gasteiger partial charge in [0.1, 0.15) is 0 Å². The van der Waals surface area contributed by atoms with Crippen LogP contribution in [-0.2, 0) is 0 Å².